The number of hydrogen-bond donors (Lipinski definition) is 2. The standard InChI is InChI=1S/C17H31ClN4O/c1-5-6-7-16-19-13(17(18)20-16)9-22-10-14(15(23)11-22)21(4)8-12(2)3/h12,14-15,23H,5-11H2,1-4H3,(H,19,20)/t14-,15-/m0/s1. The average Bonchev–Trinajstić information content (AvgIpc) is 3.00. The highest BCUT2D eigenvalue weighted by Crippen LogP contribution is 2.21. The number of likely N-dealkylation sites (N-methyl/N-ethyl adjacent to an activating group) is 1. The molecule has 0 spiro atoms. The third kappa shape index (κ3) is 5.18. The summed E-state index contributed by atoms with van der Waals surface area (Å²) in [5.41, 5.74) is 0.970. The van der Waals surface area contributed by atoms with Crippen molar-refractivity contribution in [1.82, 2.24) is 19.8 Å². The number of rotatable bonds is 8. The van der Waals surface area contributed by atoms with E-state index in [2.05, 4.69) is 47.6 Å². The fourth-order valence-corrected chi connectivity index (χ4v) is 3.56. The van der Waals surface area contributed by atoms with Gasteiger partial charge in [0.05, 0.1) is 11.8 Å². The number of nitrogens with zero attached hydrogens (tertiary/aromatic N) is 3. The fraction of sp³-hybridized carbons (Fsp3) is 0.824. The molecule has 0 aromatic carbocycles. The summed E-state index contributed by atoms with van der Waals surface area (Å²) in [6, 6.07) is 0.193. The normalized spacial score (nSPS) is 22.6. The van der Waals surface area contributed by atoms with Gasteiger partial charge in [-0.25, -0.2) is 4.98 Å². The summed E-state index contributed by atoms with van der Waals surface area (Å²) in [4.78, 5) is 12.3. The number of halogens is 1. The van der Waals surface area contributed by atoms with Gasteiger partial charge in [0.2, 0.25) is 0 Å². The zero-order valence-corrected chi connectivity index (χ0v) is 15.6. The van der Waals surface area contributed by atoms with Crippen LogP contribution >= 0.6 is 11.6 Å². The van der Waals surface area contributed by atoms with Crippen molar-refractivity contribution < 1.29 is 5.11 Å². The molecule has 2 atom stereocenters. The number of aliphatic hydroxyl groups is 1. The van der Waals surface area contributed by atoms with Gasteiger partial charge in [-0.2, -0.15) is 0 Å². The van der Waals surface area contributed by atoms with Gasteiger partial charge in [-0.3, -0.25) is 9.80 Å². The predicted molar refractivity (Wildman–Crippen MR) is 94.7 cm³/mol. The number of nitrogens with one attached hydrogen (secondary N) is 1. The molecule has 2 heterocycles. The van der Waals surface area contributed by atoms with Gasteiger partial charge in [-0.15, -0.1) is 0 Å². The second-order valence-electron chi connectivity index (χ2n) is 7.22. The number of β-amino-alcohol motifs (C(OH)–C–C–N with tert-alkyl or cyclic N) is 1. The summed E-state index contributed by atoms with van der Waals surface area (Å²) >= 11 is 6.26. The number of H-pyrrole nitrogens is 1. The number of imidazole rings is 1. The molecule has 0 bridgehead atoms. The van der Waals surface area contributed by atoms with Gasteiger partial charge in [-0.05, 0) is 19.4 Å². The monoisotopic (exact) mass is 342 g/mol. The van der Waals surface area contributed by atoms with Crippen LogP contribution in [0.15, 0.2) is 0 Å². The summed E-state index contributed by atoms with van der Waals surface area (Å²) in [5.74, 6) is 1.57. The van der Waals surface area contributed by atoms with Gasteiger partial charge in [0.25, 0.3) is 0 Å². The lowest BCUT2D eigenvalue weighted by Gasteiger charge is -2.28. The fourth-order valence-electron chi connectivity index (χ4n) is 3.35. The lowest BCUT2D eigenvalue weighted by atomic mass is 10.1. The molecule has 0 unspecified atom stereocenters. The van der Waals surface area contributed by atoms with Crippen molar-refractivity contribution in [3.05, 3.63) is 16.7 Å². The van der Waals surface area contributed by atoms with Crippen LogP contribution in [0.4, 0.5) is 0 Å². The maximum atomic E-state index is 10.4. The van der Waals surface area contributed by atoms with Crippen LogP contribution in [0.25, 0.3) is 0 Å². The minimum Gasteiger partial charge on any atom is -0.390 e. The molecule has 0 aliphatic carbocycles. The van der Waals surface area contributed by atoms with E-state index in [0.717, 1.165) is 50.4 Å². The van der Waals surface area contributed by atoms with Gasteiger partial charge in [0.1, 0.15) is 5.82 Å². The Morgan fingerprint density at radius 2 is 2.17 bits per heavy atom. The molecular weight excluding hydrogens is 312 g/mol. The van der Waals surface area contributed by atoms with Gasteiger partial charge in [0, 0.05) is 38.6 Å². The van der Waals surface area contributed by atoms with E-state index in [4.69, 9.17) is 11.6 Å². The summed E-state index contributed by atoms with van der Waals surface area (Å²) in [7, 11) is 2.10. The Morgan fingerprint density at radius 1 is 1.43 bits per heavy atom. The molecule has 1 aliphatic rings. The third-order valence-electron chi connectivity index (χ3n) is 4.48. The van der Waals surface area contributed by atoms with Crippen LogP contribution in [0.2, 0.25) is 5.15 Å². The molecule has 1 fully saturated rings. The van der Waals surface area contributed by atoms with E-state index in [1.54, 1.807) is 0 Å². The molecule has 1 aromatic rings. The summed E-state index contributed by atoms with van der Waals surface area (Å²) in [5, 5.41) is 10.9. The number of aromatic nitrogens is 2. The molecule has 6 heteroatoms. The molecule has 1 saturated heterocycles. The van der Waals surface area contributed by atoms with E-state index in [1.165, 1.54) is 0 Å². The lowest BCUT2D eigenvalue weighted by Crippen LogP contribution is -2.42. The van der Waals surface area contributed by atoms with Crippen molar-refractivity contribution >= 4 is 11.6 Å². The number of aliphatic hydroxyl groups excluding tert-OH is 1. The van der Waals surface area contributed by atoms with E-state index >= 15 is 0 Å². The number of aryl methyl sites for hydroxylation is 1. The average molecular weight is 343 g/mol. The van der Waals surface area contributed by atoms with Gasteiger partial charge in [0.15, 0.2) is 5.15 Å². The predicted octanol–water partition coefficient (Wildman–Crippen LogP) is 2.54. The first-order valence-electron chi connectivity index (χ1n) is 8.74. The second-order valence-corrected chi connectivity index (χ2v) is 7.58. The van der Waals surface area contributed by atoms with Crippen molar-refractivity contribution in [3.63, 3.8) is 0 Å². The van der Waals surface area contributed by atoms with Crippen molar-refractivity contribution in [2.45, 2.75) is 58.7 Å². The Labute approximate surface area is 145 Å². The Kier molecular flexibility index (Phi) is 6.89. The van der Waals surface area contributed by atoms with Crippen LogP contribution in [-0.2, 0) is 13.0 Å². The highest BCUT2D eigenvalue weighted by molar-refractivity contribution is 6.30. The minimum atomic E-state index is -0.306. The van der Waals surface area contributed by atoms with Gasteiger partial charge >= 0.3 is 0 Å². The molecule has 23 heavy (non-hydrogen) atoms. The Bertz CT molecular complexity index is 491. The molecule has 0 saturated carbocycles. The Hall–Kier alpha value is -0.620. The van der Waals surface area contributed by atoms with Crippen molar-refractivity contribution in [1.29, 1.82) is 0 Å². The first kappa shape index (κ1) is 18.7. The first-order valence-corrected chi connectivity index (χ1v) is 9.12. The van der Waals surface area contributed by atoms with Gasteiger partial charge < -0.3 is 10.1 Å². The summed E-state index contributed by atoms with van der Waals surface area (Å²) in [6.07, 6.45) is 2.90. The van der Waals surface area contributed by atoms with Crippen LogP contribution in [0.1, 0.15) is 45.1 Å². The summed E-state index contributed by atoms with van der Waals surface area (Å²) < 4.78 is 0. The topological polar surface area (TPSA) is 55.4 Å². The first-order chi connectivity index (χ1) is 10.9. The molecular formula is C17H31ClN4O. The SMILES string of the molecule is CCCCc1nc(Cl)c(CN2C[C@H](O)[C@@H](N(C)CC(C)C)C2)[nH]1. The van der Waals surface area contributed by atoms with E-state index in [1.807, 2.05) is 0 Å². The quantitative estimate of drug-likeness (QED) is 0.762. The number of hydrogen-bond acceptors (Lipinski definition) is 4. The second kappa shape index (κ2) is 8.47. The lowest BCUT2D eigenvalue weighted by molar-refractivity contribution is 0.0923. The smallest absolute Gasteiger partial charge is 0.151 e. The number of likely N-dealkylation sites (tertiary alicyclic amines) is 1. The van der Waals surface area contributed by atoms with Crippen molar-refractivity contribution in [2.75, 3.05) is 26.7 Å². The molecule has 5 nitrogen and oxygen atoms in total. The molecule has 2 N–H and O–H groups in total. The van der Waals surface area contributed by atoms with Crippen LogP contribution in [0.5, 0.6) is 0 Å². The zero-order chi connectivity index (χ0) is 17.0. The molecule has 1 aliphatic heterocycles. The van der Waals surface area contributed by atoms with Crippen LogP contribution < -0.4 is 0 Å². The molecule has 132 valence electrons. The van der Waals surface area contributed by atoms with E-state index < -0.39 is 0 Å². The minimum absolute atomic E-state index is 0.193. The number of unbranched alkanes of at least 4 members (excludes halogenated alkanes) is 1. The summed E-state index contributed by atoms with van der Waals surface area (Å²) in [6.45, 7) is 9.86. The van der Waals surface area contributed by atoms with E-state index in [0.29, 0.717) is 17.6 Å². The van der Waals surface area contributed by atoms with Crippen LogP contribution in [-0.4, -0.2) is 63.7 Å². The maximum Gasteiger partial charge on any atom is 0.151 e. The van der Waals surface area contributed by atoms with Crippen molar-refractivity contribution in [2.24, 2.45) is 5.92 Å². The zero-order valence-electron chi connectivity index (χ0n) is 14.8. The molecule has 0 radical (unpaired) electrons. The Morgan fingerprint density at radius 3 is 2.83 bits per heavy atom. The number of aromatic amines is 1. The third-order valence-corrected chi connectivity index (χ3v) is 4.79. The highest BCUT2D eigenvalue weighted by atomic mass is 35.5. The van der Waals surface area contributed by atoms with Crippen molar-refractivity contribution in [3.8, 4) is 0 Å². The van der Waals surface area contributed by atoms with Crippen LogP contribution in [0.3, 0.4) is 0 Å². The largest absolute Gasteiger partial charge is 0.390 e. The Balaban J connectivity index is 1.93. The maximum absolute atomic E-state index is 10.4. The van der Waals surface area contributed by atoms with Gasteiger partial charge in [-0.1, -0.05) is 38.8 Å². The van der Waals surface area contributed by atoms with E-state index in [-0.39, 0.29) is 12.1 Å². The highest BCUT2D eigenvalue weighted by Gasteiger charge is 2.34. The van der Waals surface area contributed by atoms with E-state index in [9.17, 15) is 5.11 Å². The molecule has 2 rings (SSSR count). The molecule has 0 amide bonds. The molecule has 1 aromatic heterocycles. The van der Waals surface area contributed by atoms with Crippen LogP contribution in [0, 0.1) is 5.92 Å².